The normalized spacial score (nSPS) is 14.6. The first-order chi connectivity index (χ1) is 9.74. The van der Waals surface area contributed by atoms with Crippen molar-refractivity contribution in [1.29, 1.82) is 0 Å². The van der Waals surface area contributed by atoms with E-state index in [4.69, 9.17) is 5.11 Å². The molecule has 0 saturated heterocycles. The molecule has 3 rings (SSSR count). The number of hydrogen-bond donors (Lipinski definition) is 1. The van der Waals surface area contributed by atoms with Crippen molar-refractivity contribution in [1.82, 2.24) is 24.7 Å². The average Bonchev–Trinajstić information content (AvgIpc) is 2.68. The van der Waals surface area contributed by atoms with Gasteiger partial charge in [0, 0.05) is 13.0 Å². The number of fused-ring (bicyclic) bond motifs is 1. The van der Waals surface area contributed by atoms with E-state index in [9.17, 15) is 4.79 Å². The summed E-state index contributed by atoms with van der Waals surface area (Å²) < 4.78 is 2.09. The van der Waals surface area contributed by atoms with Crippen molar-refractivity contribution >= 4 is 17.7 Å². The van der Waals surface area contributed by atoms with Gasteiger partial charge in [-0.05, 0) is 24.6 Å². The van der Waals surface area contributed by atoms with E-state index in [1.165, 1.54) is 30.6 Å². The van der Waals surface area contributed by atoms with E-state index in [0.29, 0.717) is 5.03 Å². The number of carbonyl (C=O) groups is 1. The molecule has 0 spiro atoms. The Morgan fingerprint density at radius 1 is 1.25 bits per heavy atom. The van der Waals surface area contributed by atoms with Crippen molar-refractivity contribution in [2.24, 2.45) is 0 Å². The summed E-state index contributed by atoms with van der Waals surface area (Å²) in [6.07, 6.45) is 7.15. The molecule has 104 valence electrons. The Hall–Kier alpha value is -1.96. The quantitative estimate of drug-likeness (QED) is 0.918. The lowest BCUT2D eigenvalue weighted by Crippen LogP contribution is -2.04. The number of aryl methyl sites for hydroxylation is 1. The number of aromatic nitrogens is 5. The Labute approximate surface area is 119 Å². The molecule has 2 aromatic rings. The molecule has 0 fully saturated rings. The van der Waals surface area contributed by atoms with Crippen LogP contribution < -0.4 is 0 Å². The van der Waals surface area contributed by atoms with Crippen LogP contribution in [0.4, 0.5) is 0 Å². The Morgan fingerprint density at radius 3 is 3.00 bits per heavy atom. The van der Waals surface area contributed by atoms with Crippen molar-refractivity contribution in [2.75, 3.05) is 0 Å². The second kappa shape index (κ2) is 5.58. The number of nitrogens with zero attached hydrogens (tertiary/aromatic N) is 5. The SMILES string of the molecule is O=C(O)c1cncc(Sc2nnc3n2CCCCC3)n1. The zero-order valence-electron chi connectivity index (χ0n) is 10.7. The van der Waals surface area contributed by atoms with Gasteiger partial charge in [0.1, 0.15) is 10.9 Å². The summed E-state index contributed by atoms with van der Waals surface area (Å²) in [5.41, 5.74) is -0.0643. The van der Waals surface area contributed by atoms with Crippen molar-refractivity contribution in [2.45, 2.75) is 42.4 Å². The lowest BCUT2D eigenvalue weighted by atomic mass is 10.2. The van der Waals surface area contributed by atoms with Crippen LogP contribution in [-0.4, -0.2) is 35.8 Å². The topological polar surface area (TPSA) is 93.8 Å². The summed E-state index contributed by atoms with van der Waals surface area (Å²) in [4.78, 5) is 18.8. The molecule has 0 saturated carbocycles. The molecule has 0 amide bonds. The van der Waals surface area contributed by atoms with Crippen LogP contribution in [0.15, 0.2) is 22.6 Å². The van der Waals surface area contributed by atoms with Gasteiger partial charge in [-0.1, -0.05) is 6.42 Å². The van der Waals surface area contributed by atoms with Crippen LogP contribution in [0.1, 0.15) is 35.6 Å². The smallest absolute Gasteiger partial charge is 0.356 e. The maximum absolute atomic E-state index is 10.9. The van der Waals surface area contributed by atoms with Gasteiger partial charge in [-0.15, -0.1) is 10.2 Å². The molecule has 0 bridgehead atoms. The second-order valence-electron chi connectivity index (χ2n) is 4.51. The largest absolute Gasteiger partial charge is 0.476 e. The van der Waals surface area contributed by atoms with Gasteiger partial charge in [0.2, 0.25) is 0 Å². The van der Waals surface area contributed by atoms with Gasteiger partial charge in [-0.3, -0.25) is 4.98 Å². The molecule has 0 aliphatic carbocycles. The third-order valence-electron chi connectivity index (χ3n) is 3.10. The fourth-order valence-electron chi connectivity index (χ4n) is 2.13. The highest BCUT2D eigenvalue weighted by Gasteiger charge is 2.16. The highest BCUT2D eigenvalue weighted by atomic mass is 32.2. The van der Waals surface area contributed by atoms with Crippen LogP contribution >= 0.6 is 11.8 Å². The van der Waals surface area contributed by atoms with Gasteiger partial charge in [0.25, 0.3) is 0 Å². The van der Waals surface area contributed by atoms with E-state index >= 15 is 0 Å². The standard InChI is InChI=1S/C12H13N5O2S/c18-11(19)8-6-13-7-10(14-8)20-12-16-15-9-4-2-1-3-5-17(9)12/h6-7H,1-5H2,(H,18,19). The van der Waals surface area contributed by atoms with E-state index in [2.05, 4.69) is 24.7 Å². The highest BCUT2D eigenvalue weighted by molar-refractivity contribution is 7.99. The Kier molecular flexibility index (Phi) is 3.64. The molecule has 1 aliphatic heterocycles. The molecule has 8 heteroatoms. The fraction of sp³-hybridized carbons (Fsp3) is 0.417. The zero-order chi connectivity index (χ0) is 13.9. The minimum atomic E-state index is -1.08. The number of carboxylic acids is 1. The summed E-state index contributed by atoms with van der Waals surface area (Å²) in [5.74, 6) is -0.0904. The van der Waals surface area contributed by atoms with Crippen LogP contribution in [0.2, 0.25) is 0 Å². The van der Waals surface area contributed by atoms with Crippen LogP contribution in [0.5, 0.6) is 0 Å². The number of aromatic carboxylic acids is 1. The molecular weight excluding hydrogens is 278 g/mol. The van der Waals surface area contributed by atoms with Gasteiger partial charge in [0.05, 0.1) is 12.4 Å². The first kappa shape index (κ1) is 13.0. The van der Waals surface area contributed by atoms with Gasteiger partial charge in [0.15, 0.2) is 10.9 Å². The molecule has 0 aromatic carbocycles. The van der Waals surface area contributed by atoms with Gasteiger partial charge in [-0.2, -0.15) is 0 Å². The van der Waals surface area contributed by atoms with E-state index in [1.807, 2.05) is 0 Å². The van der Waals surface area contributed by atoms with Crippen molar-refractivity contribution in [3.63, 3.8) is 0 Å². The monoisotopic (exact) mass is 291 g/mol. The van der Waals surface area contributed by atoms with Gasteiger partial charge < -0.3 is 9.67 Å². The molecule has 3 heterocycles. The van der Waals surface area contributed by atoms with Crippen molar-refractivity contribution in [3.05, 3.63) is 23.9 Å². The van der Waals surface area contributed by atoms with Gasteiger partial charge in [-0.25, -0.2) is 9.78 Å². The summed E-state index contributed by atoms with van der Waals surface area (Å²) in [5, 5.41) is 18.6. The fourth-order valence-corrected chi connectivity index (χ4v) is 2.96. The molecule has 0 radical (unpaired) electrons. The third kappa shape index (κ3) is 2.64. The van der Waals surface area contributed by atoms with E-state index < -0.39 is 5.97 Å². The molecule has 1 aliphatic rings. The Bertz CT molecular complexity index is 643. The Morgan fingerprint density at radius 2 is 2.15 bits per heavy atom. The van der Waals surface area contributed by atoms with Gasteiger partial charge >= 0.3 is 5.97 Å². The van der Waals surface area contributed by atoms with Crippen LogP contribution in [-0.2, 0) is 13.0 Å². The third-order valence-corrected chi connectivity index (χ3v) is 3.99. The molecule has 7 nitrogen and oxygen atoms in total. The molecule has 2 aromatic heterocycles. The lowest BCUT2D eigenvalue weighted by Gasteiger charge is -2.05. The molecule has 20 heavy (non-hydrogen) atoms. The minimum absolute atomic E-state index is 0.0643. The van der Waals surface area contributed by atoms with Crippen LogP contribution in [0.25, 0.3) is 0 Å². The lowest BCUT2D eigenvalue weighted by molar-refractivity contribution is 0.0689. The van der Waals surface area contributed by atoms with Crippen molar-refractivity contribution < 1.29 is 9.90 Å². The average molecular weight is 291 g/mol. The Balaban J connectivity index is 1.86. The minimum Gasteiger partial charge on any atom is -0.476 e. The summed E-state index contributed by atoms with van der Waals surface area (Å²) in [6.45, 7) is 0.900. The first-order valence-corrected chi connectivity index (χ1v) is 7.21. The first-order valence-electron chi connectivity index (χ1n) is 6.39. The van der Waals surface area contributed by atoms with Crippen molar-refractivity contribution in [3.8, 4) is 0 Å². The maximum Gasteiger partial charge on any atom is 0.356 e. The highest BCUT2D eigenvalue weighted by Crippen LogP contribution is 2.26. The molecule has 0 unspecified atom stereocenters. The number of carboxylic acid groups (broad SMARTS) is 1. The maximum atomic E-state index is 10.9. The predicted octanol–water partition coefficient (Wildman–Crippen LogP) is 1.64. The predicted molar refractivity (Wildman–Crippen MR) is 70.7 cm³/mol. The summed E-state index contributed by atoms with van der Waals surface area (Å²) in [6, 6.07) is 0. The molecule has 0 atom stereocenters. The molecular formula is C12H13N5O2S. The van der Waals surface area contributed by atoms with E-state index in [0.717, 1.165) is 36.8 Å². The summed E-state index contributed by atoms with van der Waals surface area (Å²) in [7, 11) is 0. The number of hydrogen-bond acceptors (Lipinski definition) is 6. The van der Waals surface area contributed by atoms with E-state index in [-0.39, 0.29) is 5.69 Å². The van der Waals surface area contributed by atoms with Crippen LogP contribution in [0, 0.1) is 0 Å². The summed E-state index contributed by atoms with van der Waals surface area (Å²) >= 11 is 1.30. The second-order valence-corrected chi connectivity index (χ2v) is 5.50. The van der Waals surface area contributed by atoms with E-state index in [1.54, 1.807) is 0 Å². The zero-order valence-corrected chi connectivity index (χ0v) is 11.5. The van der Waals surface area contributed by atoms with Crippen LogP contribution in [0.3, 0.4) is 0 Å². The molecule has 1 N–H and O–H groups in total. The number of rotatable bonds is 3.